The minimum Gasteiger partial charge on any atom is -0.497 e. The van der Waals surface area contributed by atoms with Crippen molar-refractivity contribution in [2.45, 2.75) is 11.0 Å². The third-order valence-corrected chi connectivity index (χ3v) is 4.87. The summed E-state index contributed by atoms with van der Waals surface area (Å²) in [6, 6.07) is 8.65. The van der Waals surface area contributed by atoms with E-state index in [0.29, 0.717) is 45.2 Å². The summed E-state index contributed by atoms with van der Waals surface area (Å²) in [5, 5.41) is 20.2. The fourth-order valence-corrected chi connectivity index (χ4v) is 3.29. The molecular formula is C18H14N6O4S. The summed E-state index contributed by atoms with van der Waals surface area (Å²) in [5.41, 5.74) is 1.43. The van der Waals surface area contributed by atoms with Crippen molar-refractivity contribution >= 4 is 17.4 Å². The van der Waals surface area contributed by atoms with Crippen molar-refractivity contribution in [2.24, 2.45) is 0 Å². The summed E-state index contributed by atoms with van der Waals surface area (Å²) in [4.78, 5) is 16.5. The number of nitrogens with zero attached hydrogens (tertiary/aromatic N) is 5. The van der Waals surface area contributed by atoms with Gasteiger partial charge in [-0.15, -0.1) is 10.2 Å². The van der Waals surface area contributed by atoms with Crippen molar-refractivity contribution in [3.63, 3.8) is 0 Å². The first-order chi connectivity index (χ1) is 14.1. The second-order valence-electron chi connectivity index (χ2n) is 5.81. The van der Waals surface area contributed by atoms with Crippen LogP contribution in [0.5, 0.6) is 11.5 Å². The molecule has 0 saturated heterocycles. The number of H-pyrrole nitrogens is 1. The Labute approximate surface area is 168 Å². The molecule has 0 saturated carbocycles. The van der Waals surface area contributed by atoms with E-state index in [2.05, 4.69) is 20.3 Å². The lowest BCUT2D eigenvalue weighted by Gasteiger charge is -2.05. The van der Waals surface area contributed by atoms with E-state index >= 15 is 0 Å². The molecule has 0 fully saturated rings. The Morgan fingerprint density at radius 2 is 1.97 bits per heavy atom. The number of hydrogen-bond donors (Lipinski definition) is 1. The van der Waals surface area contributed by atoms with Gasteiger partial charge in [0.2, 0.25) is 5.89 Å². The molecule has 0 aliphatic carbocycles. The minimum absolute atomic E-state index is 0.283. The maximum Gasteiger partial charge on any atom is 0.277 e. The normalized spacial score (nSPS) is 10.8. The van der Waals surface area contributed by atoms with Crippen molar-refractivity contribution in [3.8, 4) is 29.0 Å². The van der Waals surface area contributed by atoms with E-state index in [-0.39, 0.29) is 11.2 Å². The van der Waals surface area contributed by atoms with Gasteiger partial charge in [-0.1, -0.05) is 11.8 Å². The molecule has 1 N–H and O–H groups in total. The average molecular weight is 410 g/mol. The van der Waals surface area contributed by atoms with Crippen LogP contribution in [0.3, 0.4) is 0 Å². The quantitative estimate of drug-likeness (QED) is 0.475. The van der Waals surface area contributed by atoms with Gasteiger partial charge in [-0.3, -0.25) is 9.89 Å². The second kappa shape index (κ2) is 7.69. The maximum absolute atomic E-state index is 12.1. The van der Waals surface area contributed by atoms with E-state index in [1.54, 1.807) is 32.4 Å². The van der Waals surface area contributed by atoms with Crippen LogP contribution >= 0.6 is 11.8 Å². The lowest BCUT2D eigenvalue weighted by atomic mass is 10.2. The largest absolute Gasteiger partial charge is 0.497 e. The van der Waals surface area contributed by atoms with Gasteiger partial charge in [0.15, 0.2) is 5.65 Å². The third-order valence-electron chi connectivity index (χ3n) is 4.02. The molecule has 0 bridgehead atoms. The topological polar surface area (TPSA) is 131 Å². The number of nitrogens with one attached hydrogen (secondary N) is 1. The van der Waals surface area contributed by atoms with E-state index in [9.17, 15) is 4.79 Å². The molecule has 0 atom stereocenters. The van der Waals surface area contributed by atoms with Crippen molar-refractivity contribution < 1.29 is 13.9 Å². The fourth-order valence-electron chi connectivity index (χ4n) is 2.64. The Morgan fingerprint density at radius 1 is 1.21 bits per heavy atom. The van der Waals surface area contributed by atoms with Crippen LogP contribution in [-0.2, 0) is 5.75 Å². The van der Waals surface area contributed by atoms with Crippen LogP contribution in [-0.4, -0.2) is 39.0 Å². The van der Waals surface area contributed by atoms with Gasteiger partial charge in [0.1, 0.15) is 23.1 Å². The molecule has 3 heterocycles. The molecule has 29 heavy (non-hydrogen) atoms. The highest BCUT2D eigenvalue weighted by molar-refractivity contribution is 7.98. The number of rotatable bonds is 6. The molecule has 146 valence electrons. The first-order valence-electron chi connectivity index (χ1n) is 8.31. The Hall–Kier alpha value is -3.78. The molecule has 1 aromatic carbocycles. The van der Waals surface area contributed by atoms with Crippen LogP contribution in [0, 0.1) is 11.3 Å². The van der Waals surface area contributed by atoms with Crippen molar-refractivity contribution in [3.05, 3.63) is 52.1 Å². The zero-order valence-electron chi connectivity index (χ0n) is 15.4. The van der Waals surface area contributed by atoms with E-state index in [1.165, 1.54) is 28.5 Å². The van der Waals surface area contributed by atoms with Gasteiger partial charge in [-0.2, -0.15) is 5.26 Å². The third kappa shape index (κ3) is 3.65. The van der Waals surface area contributed by atoms with E-state index in [0.717, 1.165) is 0 Å². The predicted octanol–water partition coefficient (Wildman–Crippen LogP) is 2.25. The number of aromatic nitrogens is 5. The van der Waals surface area contributed by atoms with Crippen LogP contribution in [0.15, 0.2) is 44.9 Å². The number of nitriles is 1. The van der Waals surface area contributed by atoms with Crippen LogP contribution < -0.4 is 15.0 Å². The summed E-state index contributed by atoms with van der Waals surface area (Å²) in [7, 11) is 3.12. The van der Waals surface area contributed by atoms with Gasteiger partial charge in [-0.25, -0.2) is 9.50 Å². The minimum atomic E-state index is -0.304. The number of thioether (sulfide) groups is 1. The number of fused-ring (bicyclic) bond motifs is 1. The van der Waals surface area contributed by atoms with Crippen molar-refractivity contribution in [1.82, 2.24) is 24.8 Å². The van der Waals surface area contributed by atoms with Crippen LogP contribution in [0.4, 0.5) is 0 Å². The molecule has 0 aliphatic rings. The second-order valence-corrected chi connectivity index (χ2v) is 6.73. The lowest BCUT2D eigenvalue weighted by Crippen LogP contribution is -2.15. The molecule has 3 aromatic heterocycles. The van der Waals surface area contributed by atoms with Crippen LogP contribution in [0.1, 0.15) is 11.3 Å². The number of methoxy groups -OCH3 is 2. The van der Waals surface area contributed by atoms with Crippen LogP contribution in [0.2, 0.25) is 0 Å². The van der Waals surface area contributed by atoms with Gasteiger partial charge >= 0.3 is 0 Å². The number of benzene rings is 1. The molecule has 0 radical (unpaired) electrons. The SMILES string of the molecule is COc1cc(OC)cc(-c2nnc(SCc3cc(=O)n4[nH]cc(C#N)c4n3)o2)c1. The fraction of sp³-hybridized carbons (Fsp3) is 0.167. The summed E-state index contributed by atoms with van der Waals surface area (Å²) in [6.45, 7) is 0. The first-order valence-corrected chi connectivity index (χ1v) is 9.29. The number of ether oxygens (including phenoxy) is 2. The average Bonchev–Trinajstić information content (AvgIpc) is 3.39. The highest BCUT2D eigenvalue weighted by Crippen LogP contribution is 2.31. The highest BCUT2D eigenvalue weighted by Gasteiger charge is 2.14. The van der Waals surface area contributed by atoms with E-state index in [1.807, 2.05) is 6.07 Å². The molecule has 4 aromatic rings. The predicted molar refractivity (Wildman–Crippen MR) is 103 cm³/mol. The Morgan fingerprint density at radius 3 is 2.66 bits per heavy atom. The summed E-state index contributed by atoms with van der Waals surface area (Å²) in [5.74, 6) is 1.84. The zero-order chi connectivity index (χ0) is 20.4. The molecule has 0 amide bonds. The Kier molecular flexibility index (Phi) is 4.92. The van der Waals surface area contributed by atoms with Crippen molar-refractivity contribution in [2.75, 3.05) is 14.2 Å². The van der Waals surface area contributed by atoms with E-state index < -0.39 is 0 Å². The van der Waals surface area contributed by atoms with Gasteiger partial charge < -0.3 is 13.9 Å². The van der Waals surface area contributed by atoms with Crippen LogP contribution in [0.25, 0.3) is 17.1 Å². The standard InChI is InChI=1S/C18H14N6O4S/c1-26-13-3-10(4-14(6-13)27-2)17-22-23-18(28-17)29-9-12-5-15(25)24-16(21-12)11(7-19)8-20-24/h3-6,8,20H,9H2,1-2H3. The molecule has 4 rings (SSSR count). The van der Waals surface area contributed by atoms with Gasteiger partial charge in [-0.05, 0) is 12.1 Å². The molecule has 11 heteroatoms. The maximum atomic E-state index is 12.1. The molecular weight excluding hydrogens is 396 g/mol. The number of aromatic amines is 1. The smallest absolute Gasteiger partial charge is 0.277 e. The summed E-state index contributed by atoms with van der Waals surface area (Å²) in [6.07, 6.45) is 1.44. The van der Waals surface area contributed by atoms with Gasteiger partial charge in [0.25, 0.3) is 10.8 Å². The first kappa shape index (κ1) is 18.6. The zero-order valence-corrected chi connectivity index (χ0v) is 16.2. The summed E-state index contributed by atoms with van der Waals surface area (Å²) >= 11 is 1.24. The van der Waals surface area contributed by atoms with E-state index in [4.69, 9.17) is 19.2 Å². The van der Waals surface area contributed by atoms with Gasteiger partial charge in [0.05, 0.1) is 19.9 Å². The Balaban J connectivity index is 1.55. The van der Waals surface area contributed by atoms with Gasteiger partial charge in [0, 0.05) is 29.6 Å². The summed E-state index contributed by atoms with van der Waals surface area (Å²) < 4.78 is 17.4. The highest BCUT2D eigenvalue weighted by atomic mass is 32.2. The van der Waals surface area contributed by atoms with Crippen molar-refractivity contribution in [1.29, 1.82) is 5.26 Å². The lowest BCUT2D eigenvalue weighted by molar-refractivity contribution is 0.394. The number of hydrogen-bond acceptors (Lipinski definition) is 9. The molecule has 0 unspecified atom stereocenters. The Bertz CT molecular complexity index is 1260. The molecule has 10 nitrogen and oxygen atoms in total. The molecule has 0 aliphatic heterocycles. The molecule has 0 spiro atoms. The monoisotopic (exact) mass is 410 g/mol.